The molecular weight excluding hydrogens is 460 g/mol. The summed E-state index contributed by atoms with van der Waals surface area (Å²) in [4.78, 5) is 35.3. The highest BCUT2D eigenvalue weighted by atomic mass is 16.5. The Hall–Kier alpha value is -3.72. The highest BCUT2D eigenvalue weighted by Gasteiger charge is 2.29. The zero-order valence-corrected chi connectivity index (χ0v) is 21.5. The molecule has 1 aromatic heterocycles. The molecule has 1 saturated heterocycles. The van der Waals surface area contributed by atoms with Crippen LogP contribution >= 0.6 is 0 Å². The van der Waals surface area contributed by atoms with E-state index in [1.807, 2.05) is 36.4 Å². The van der Waals surface area contributed by atoms with Gasteiger partial charge in [0.15, 0.2) is 0 Å². The molecule has 1 fully saturated rings. The number of benzene rings is 2. The van der Waals surface area contributed by atoms with Crippen LogP contribution in [0.5, 0.6) is 11.5 Å². The summed E-state index contributed by atoms with van der Waals surface area (Å²) in [6, 6.07) is 13.7. The number of carbonyl (C=O) groups is 2. The normalized spacial score (nSPS) is 16.1. The fraction of sp³-hybridized carbons (Fsp3) is 0.407. The zero-order chi connectivity index (χ0) is 25.8. The number of nitrogens with one attached hydrogen (secondary N) is 1. The molecule has 0 saturated carbocycles. The third-order valence-corrected chi connectivity index (χ3v) is 6.62. The fourth-order valence-electron chi connectivity index (χ4n) is 4.75. The van der Waals surface area contributed by atoms with Crippen molar-refractivity contribution >= 4 is 34.2 Å². The topological polar surface area (TPSA) is 87.3 Å². The van der Waals surface area contributed by atoms with E-state index in [4.69, 9.17) is 14.2 Å². The second-order valence-corrected chi connectivity index (χ2v) is 8.91. The van der Waals surface area contributed by atoms with E-state index in [-0.39, 0.29) is 30.8 Å². The summed E-state index contributed by atoms with van der Waals surface area (Å²) in [5.74, 6) is 0.863. The van der Waals surface area contributed by atoms with Gasteiger partial charge in [-0.25, -0.2) is 4.79 Å². The molecule has 1 atom stereocenters. The zero-order valence-electron chi connectivity index (χ0n) is 21.5. The van der Waals surface area contributed by atoms with Gasteiger partial charge in [0.2, 0.25) is 5.91 Å². The van der Waals surface area contributed by atoms with Gasteiger partial charge in [-0.05, 0) is 44.2 Å². The number of H-pyrrole nitrogens is 1. The number of hydrogen-bond donors (Lipinski definition) is 1. The van der Waals surface area contributed by atoms with Gasteiger partial charge < -0.3 is 29.0 Å². The van der Waals surface area contributed by atoms with Crippen molar-refractivity contribution in [1.82, 2.24) is 9.88 Å². The fourth-order valence-corrected chi connectivity index (χ4v) is 4.75. The number of likely N-dealkylation sites (N-methyl/N-ethyl adjacent to an activating group) is 1. The number of nitrogens with zero attached hydrogens (tertiary/aromatic N) is 3. The predicted molar refractivity (Wildman–Crippen MR) is 140 cm³/mol. The number of aromatic nitrogens is 1. The van der Waals surface area contributed by atoms with Crippen molar-refractivity contribution in [3.8, 4) is 11.5 Å². The van der Waals surface area contributed by atoms with Crippen LogP contribution in [-0.2, 0) is 9.53 Å². The Labute approximate surface area is 211 Å². The second kappa shape index (κ2) is 10.9. The number of esters is 1. The Kier molecular flexibility index (Phi) is 7.69. The highest BCUT2D eigenvalue weighted by molar-refractivity contribution is 6.12. The van der Waals surface area contributed by atoms with Crippen molar-refractivity contribution in [3.05, 3.63) is 48.2 Å². The second-order valence-electron chi connectivity index (χ2n) is 8.91. The third-order valence-electron chi connectivity index (χ3n) is 6.62. The van der Waals surface area contributed by atoms with Crippen LogP contribution in [0.4, 0.5) is 11.4 Å². The quantitative estimate of drug-likeness (QED) is 0.480. The lowest BCUT2D eigenvalue weighted by atomic mass is 10.1. The number of amides is 1. The van der Waals surface area contributed by atoms with Gasteiger partial charge in [0, 0.05) is 55.4 Å². The van der Waals surface area contributed by atoms with Gasteiger partial charge in [-0.2, -0.15) is 0 Å². The smallest absolute Gasteiger partial charge is 0.356 e. The van der Waals surface area contributed by atoms with Crippen molar-refractivity contribution in [2.75, 3.05) is 63.9 Å². The van der Waals surface area contributed by atoms with Gasteiger partial charge in [0.05, 0.1) is 33.1 Å². The average Bonchev–Trinajstić information content (AvgIpc) is 3.27. The van der Waals surface area contributed by atoms with Gasteiger partial charge in [-0.15, -0.1) is 0 Å². The largest absolute Gasteiger partial charge is 0.497 e. The van der Waals surface area contributed by atoms with E-state index in [2.05, 4.69) is 27.8 Å². The first-order valence-electron chi connectivity index (χ1n) is 12.1. The maximum absolute atomic E-state index is 13.4. The molecule has 2 aromatic carbocycles. The molecule has 0 bridgehead atoms. The van der Waals surface area contributed by atoms with E-state index in [1.54, 1.807) is 33.1 Å². The lowest BCUT2D eigenvalue weighted by Gasteiger charge is -2.41. The molecule has 1 unspecified atom stereocenters. The molecule has 1 aliphatic rings. The minimum Gasteiger partial charge on any atom is -0.497 e. The predicted octanol–water partition coefficient (Wildman–Crippen LogP) is 3.54. The number of fused-ring (bicyclic) bond motifs is 1. The number of piperazine rings is 1. The number of hydrogen-bond acceptors (Lipinski definition) is 7. The van der Waals surface area contributed by atoms with E-state index in [9.17, 15) is 9.59 Å². The molecule has 9 heteroatoms. The standard InChI is InChI=1S/C27H34N4O5/c1-6-36-27(33)25-26(22-15-21(35-5)10-11-23(22)28-25)29(3)24(32)17-30-12-13-31(18(2)16-30)19-8-7-9-20(14-19)34-4/h7-11,14-15,18,28H,6,12-13,16-17H2,1-5H3. The first-order chi connectivity index (χ1) is 17.4. The monoisotopic (exact) mass is 494 g/mol. The molecule has 3 aromatic rings. The number of methoxy groups -OCH3 is 2. The van der Waals surface area contributed by atoms with Gasteiger partial charge in [-0.1, -0.05) is 6.07 Å². The van der Waals surface area contributed by atoms with Crippen molar-refractivity contribution in [2.45, 2.75) is 19.9 Å². The SMILES string of the molecule is CCOC(=O)c1[nH]c2ccc(OC)cc2c1N(C)C(=O)CN1CCN(c2cccc(OC)c2)C(C)C1. The van der Waals surface area contributed by atoms with Crippen molar-refractivity contribution in [2.24, 2.45) is 0 Å². The van der Waals surface area contributed by atoms with E-state index in [0.29, 0.717) is 11.4 Å². The van der Waals surface area contributed by atoms with Crippen LogP contribution in [0.3, 0.4) is 0 Å². The Morgan fingerprint density at radius 3 is 2.53 bits per heavy atom. The van der Waals surface area contributed by atoms with Crippen molar-refractivity contribution in [3.63, 3.8) is 0 Å². The summed E-state index contributed by atoms with van der Waals surface area (Å²) in [6.07, 6.45) is 0. The Balaban J connectivity index is 1.52. The van der Waals surface area contributed by atoms with E-state index >= 15 is 0 Å². The van der Waals surface area contributed by atoms with E-state index in [1.165, 1.54) is 0 Å². The molecule has 0 radical (unpaired) electrons. The molecule has 9 nitrogen and oxygen atoms in total. The Morgan fingerprint density at radius 1 is 1.08 bits per heavy atom. The maximum atomic E-state index is 13.4. The summed E-state index contributed by atoms with van der Waals surface area (Å²) in [7, 11) is 4.95. The summed E-state index contributed by atoms with van der Waals surface area (Å²) in [5.41, 5.74) is 2.59. The minimum atomic E-state index is -0.497. The van der Waals surface area contributed by atoms with Crippen LogP contribution in [0.2, 0.25) is 0 Å². The molecule has 0 aliphatic carbocycles. The van der Waals surface area contributed by atoms with Gasteiger partial charge in [0.25, 0.3) is 0 Å². The van der Waals surface area contributed by atoms with Crippen LogP contribution < -0.4 is 19.3 Å². The number of aromatic amines is 1. The van der Waals surface area contributed by atoms with Crippen molar-refractivity contribution in [1.29, 1.82) is 0 Å². The molecule has 2 heterocycles. The van der Waals surface area contributed by atoms with E-state index in [0.717, 1.165) is 42.0 Å². The van der Waals surface area contributed by atoms with Crippen LogP contribution in [-0.4, -0.2) is 81.9 Å². The summed E-state index contributed by atoms with van der Waals surface area (Å²) < 4.78 is 16.0. The van der Waals surface area contributed by atoms with Crippen LogP contribution in [0.1, 0.15) is 24.3 Å². The summed E-state index contributed by atoms with van der Waals surface area (Å²) in [5, 5.41) is 0.726. The first kappa shape index (κ1) is 25.4. The average molecular weight is 495 g/mol. The first-order valence-corrected chi connectivity index (χ1v) is 12.1. The van der Waals surface area contributed by atoms with Gasteiger partial charge in [0.1, 0.15) is 17.2 Å². The van der Waals surface area contributed by atoms with Crippen LogP contribution in [0.25, 0.3) is 10.9 Å². The molecule has 1 amide bonds. The number of carbonyl (C=O) groups excluding carboxylic acids is 2. The van der Waals surface area contributed by atoms with E-state index < -0.39 is 5.97 Å². The minimum absolute atomic E-state index is 0.105. The van der Waals surface area contributed by atoms with Crippen molar-refractivity contribution < 1.29 is 23.8 Å². The number of anilines is 2. The van der Waals surface area contributed by atoms with Gasteiger partial charge >= 0.3 is 5.97 Å². The summed E-state index contributed by atoms with van der Waals surface area (Å²) >= 11 is 0. The lowest BCUT2D eigenvalue weighted by molar-refractivity contribution is -0.119. The Morgan fingerprint density at radius 2 is 1.83 bits per heavy atom. The van der Waals surface area contributed by atoms with Crippen LogP contribution in [0.15, 0.2) is 42.5 Å². The molecule has 4 rings (SSSR count). The third kappa shape index (κ3) is 5.11. The molecule has 1 aliphatic heterocycles. The highest BCUT2D eigenvalue weighted by Crippen LogP contribution is 2.34. The molecular formula is C27H34N4O5. The number of rotatable bonds is 8. The van der Waals surface area contributed by atoms with Crippen LogP contribution in [0, 0.1) is 0 Å². The molecule has 0 spiro atoms. The lowest BCUT2D eigenvalue weighted by Crippen LogP contribution is -2.54. The molecule has 1 N–H and O–H groups in total. The Bertz CT molecular complexity index is 1240. The number of ether oxygens (including phenoxy) is 3. The molecule has 36 heavy (non-hydrogen) atoms. The summed E-state index contributed by atoms with van der Waals surface area (Å²) in [6.45, 7) is 6.67. The molecule has 192 valence electrons. The van der Waals surface area contributed by atoms with Gasteiger partial charge in [-0.3, -0.25) is 9.69 Å². The maximum Gasteiger partial charge on any atom is 0.356 e.